The zero-order valence-electron chi connectivity index (χ0n) is 17.8. The first-order valence-electron chi connectivity index (χ1n) is 10.4. The molecule has 10 nitrogen and oxygen atoms in total. The number of guanidine groups is 1. The van der Waals surface area contributed by atoms with Crippen LogP contribution < -0.4 is 27.4 Å². The number of carboxylic acids is 1. The summed E-state index contributed by atoms with van der Waals surface area (Å²) in [6.07, 6.45) is 2.33. The van der Waals surface area contributed by atoms with Crippen molar-refractivity contribution in [3.8, 4) is 0 Å². The van der Waals surface area contributed by atoms with E-state index in [1.54, 1.807) is 6.92 Å². The van der Waals surface area contributed by atoms with Crippen molar-refractivity contribution in [2.24, 2.45) is 16.5 Å². The van der Waals surface area contributed by atoms with E-state index >= 15 is 0 Å². The molecular weight excluding hydrogens is 400 g/mol. The average molecular weight is 433 g/mol. The van der Waals surface area contributed by atoms with Crippen LogP contribution in [0.15, 0.2) is 35.3 Å². The number of carboxylic acid groups (broad SMARTS) is 1. The number of rotatable bonds is 11. The van der Waals surface area contributed by atoms with Gasteiger partial charge in [-0.25, -0.2) is 4.79 Å². The Bertz CT molecular complexity index is 790. The molecule has 170 valence electrons. The molecule has 0 bridgehead atoms. The quantitative estimate of drug-likeness (QED) is 0.155. The Hall–Kier alpha value is -3.14. The summed E-state index contributed by atoms with van der Waals surface area (Å²) in [4.78, 5) is 41.4. The third-order valence-corrected chi connectivity index (χ3v) is 5.23. The number of aliphatic imine (C=N–C) groups is 1. The largest absolute Gasteiger partial charge is 0.480 e. The van der Waals surface area contributed by atoms with Crippen LogP contribution in [0.25, 0.3) is 0 Å². The third kappa shape index (κ3) is 7.56. The van der Waals surface area contributed by atoms with Crippen molar-refractivity contribution >= 4 is 23.7 Å². The summed E-state index contributed by atoms with van der Waals surface area (Å²) in [6, 6.07) is 7.77. The fourth-order valence-electron chi connectivity index (χ4n) is 3.53. The van der Waals surface area contributed by atoms with E-state index in [1.807, 2.05) is 30.3 Å². The zero-order chi connectivity index (χ0) is 22.9. The van der Waals surface area contributed by atoms with Crippen LogP contribution in [0, 0.1) is 0 Å². The predicted molar refractivity (Wildman–Crippen MR) is 117 cm³/mol. The number of aliphatic carboxylic acids is 1. The normalized spacial score (nSPS) is 18.4. The summed E-state index contributed by atoms with van der Waals surface area (Å²) in [5.74, 6) is -2.07. The first-order chi connectivity index (χ1) is 14.7. The highest BCUT2D eigenvalue weighted by atomic mass is 16.4. The molecule has 3 atom stereocenters. The second-order valence-electron chi connectivity index (χ2n) is 7.95. The molecule has 2 rings (SSSR count). The maximum absolute atomic E-state index is 13.2. The Labute approximate surface area is 181 Å². The number of nitrogens with one attached hydrogen (secondary N) is 3. The summed E-state index contributed by atoms with van der Waals surface area (Å²) >= 11 is 0. The highest BCUT2D eigenvalue weighted by molar-refractivity contribution is 5.95. The Kier molecular flexibility index (Phi) is 8.80. The fraction of sp³-hybridized carbons (Fsp3) is 0.524. The van der Waals surface area contributed by atoms with Gasteiger partial charge in [-0.3, -0.25) is 14.6 Å². The van der Waals surface area contributed by atoms with Gasteiger partial charge in [0.2, 0.25) is 11.8 Å². The van der Waals surface area contributed by atoms with Crippen LogP contribution in [0.3, 0.4) is 0 Å². The van der Waals surface area contributed by atoms with Gasteiger partial charge in [-0.05, 0) is 44.7 Å². The topological polar surface area (TPSA) is 172 Å². The van der Waals surface area contributed by atoms with E-state index in [4.69, 9.17) is 11.5 Å². The number of carbonyl (C=O) groups is 3. The molecule has 0 spiro atoms. The van der Waals surface area contributed by atoms with E-state index in [0.717, 1.165) is 18.5 Å². The SMILES string of the molecule is CC(Cc1ccccc1)(NC(=O)[C@@H]1CCCN1)C(=O)N[C@@H](CCCN=C(N)N)C(=O)O. The van der Waals surface area contributed by atoms with Crippen LogP contribution in [-0.4, -0.2) is 59.6 Å². The third-order valence-electron chi connectivity index (χ3n) is 5.23. The molecule has 0 aliphatic carbocycles. The van der Waals surface area contributed by atoms with Gasteiger partial charge in [0.1, 0.15) is 11.6 Å². The van der Waals surface area contributed by atoms with E-state index in [0.29, 0.717) is 12.8 Å². The molecule has 1 unspecified atom stereocenters. The summed E-state index contributed by atoms with van der Waals surface area (Å²) in [6.45, 7) is 2.62. The van der Waals surface area contributed by atoms with Crippen LogP contribution >= 0.6 is 0 Å². The van der Waals surface area contributed by atoms with E-state index in [-0.39, 0.29) is 37.3 Å². The Morgan fingerprint density at radius 2 is 2.00 bits per heavy atom. The average Bonchev–Trinajstić information content (AvgIpc) is 3.25. The van der Waals surface area contributed by atoms with Gasteiger partial charge >= 0.3 is 5.97 Å². The number of nitrogens with two attached hydrogens (primary N) is 2. The first-order valence-corrected chi connectivity index (χ1v) is 10.4. The zero-order valence-corrected chi connectivity index (χ0v) is 17.8. The van der Waals surface area contributed by atoms with Crippen molar-refractivity contribution in [1.29, 1.82) is 0 Å². The number of hydrogen-bond acceptors (Lipinski definition) is 5. The van der Waals surface area contributed by atoms with Crippen molar-refractivity contribution in [2.75, 3.05) is 13.1 Å². The van der Waals surface area contributed by atoms with Gasteiger partial charge in [-0.15, -0.1) is 0 Å². The molecule has 31 heavy (non-hydrogen) atoms. The van der Waals surface area contributed by atoms with Crippen molar-refractivity contribution in [1.82, 2.24) is 16.0 Å². The van der Waals surface area contributed by atoms with Gasteiger partial charge in [0.25, 0.3) is 0 Å². The summed E-state index contributed by atoms with van der Waals surface area (Å²) < 4.78 is 0. The van der Waals surface area contributed by atoms with Crippen molar-refractivity contribution in [2.45, 2.75) is 56.7 Å². The lowest BCUT2D eigenvalue weighted by Crippen LogP contribution is -2.62. The molecule has 1 saturated heterocycles. The monoisotopic (exact) mass is 432 g/mol. The molecule has 0 aromatic heterocycles. The Morgan fingerprint density at radius 3 is 2.58 bits per heavy atom. The molecule has 1 aliphatic heterocycles. The van der Waals surface area contributed by atoms with Crippen LogP contribution in [0.1, 0.15) is 38.2 Å². The van der Waals surface area contributed by atoms with Gasteiger partial charge in [0, 0.05) is 13.0 Å². The van der Waals surface area contributed by atoms with Gasteiger partial charge in [0.15, 0.2) is 5.96 Å². The summed E-state index contributed by atoms with van der Waals surface area (Å²) in [5, 5.41) is 18.1. The van der Waals surface area contributed by atoms with Gasteiger partial charge < -0.3 is 32.5 Å². The number of amides is 2. The van der Waals surface area contributed by atoms with Crippen molar-refractivity contribution in [3.63, 3.8) is 0 Å². The molecule has 8 N–H and O–H groups in total. The minimum absolute atomic E-state index is 0.0745. The highest BCUT2D eigenvalue weighted by Crippen LogP contribution is 2.17. The molecule has 1 aromatic carbocycles. The molecule has 0 radical (unpaired) electrons. The van der Waals surface area contributed by atoms with E-state index in [2.05, 4.69) is 20.9 Å². The van der Waals surface area contributed by atoms with E-state index < -0.39 is 23.5 Å². The second-order valence-corrected chi connectivity index (χ2v) is 7.95. The standard InChI is InChI=1S/C21H32N6O4/c1-21(13-14-7-3-2-4-8-14,27-17(28)15-9-5-11-24-15)19(31)26-16(18(29)30)10-6-12-25-20(22)23/h2-4,7-8,15-16,24H,5-6,9-13H2,1H3,(H,26,31)(H,27,28)(H,29,30)(H4,22,23,25)/t15-,16-,21?/m0/s1. The number of carbonyl (C=O) groups excluding carboxylic acids is 2. The van der Waals surface area contributed by atoms with Crippen LogP contribution in [0.5, 0.6) is 0 Å². The van der Waals surface area contributed by atoms with Gasteiger partial charge in [-0.2, -0.15) is 0 Å². The second kappa shape index (κ2) is 11.3. The maximum atomic E-state index is 13.2. The molecule has 1 fully saturated rings. The summed E-state index contributed by atoms with van der Waals surface area (Å²) in [7, 11) is 0. The highest BCUT2D eigenvalue weighted by Gasteiger charge is 2.39. The molecule has 1 aromatic rings. The van der Waals surface area contributed by atoms with E-state index in [1.165, 1.54) is 0 Å². The number of benzene rings is 1. The Balaban J connectivity index is 2.13. The molecule has 0 saturated carbocycles. The molecular formula is C21H32N6O4. The molecule has 10 heteroatoms. The van der Waals surface area contributed by atoms with Gasteiger partial charge in [-0.1, -0.05) is 30.3 Å². The van der Waals surface area contributed by atoms with E-state index in [9.17, 15) is 19.5 Å². The fourth-order valence-corrected chi connectivity index (χ4v) is 3.53. The molecule has 1 heterocycles. The number of nitrogens with zero attached hydrogens (tertiary/aromatic N) is 1. The van der Waals surface area contributed by atoms with Crippen LogP contribution in [-0.2, 0) is 20.8 Å². The van der Waals surface area contributed by atoms with Crippen molar-refractivity contribution < 1.29 is 19.5 Å². The lowest BCUT2D eigenvalue weighted by molar-refractivity contribution is -0.143. The predicted octanol–water partition coefficient (Wildman–Crippen LogP) is -0.521. The van der Waals surface area contributed by atoms with Gasteiger partial charge in [0.05, 0.1) is 6.04 Å². The first kappa shape index (κ1) is 24.1. The molecule has 2 amide bonds. The lowest BCUT2D eigenvalue weighted by Gasteiger charge is -2.32. The maximum Gasteiger partial charge on any atom is 0.326 e. The smallest absolute Gasteiger partial charge is 0.326 e. The van der Waals surface area contributed by atoms with Crippen molar-refractivity contribution in [3.05, 3.63) is 35.9 Å². The number of hydrogen-bond donors (Lipinski definition) is 6. The lowest BCUT2D eigenvalue weighted by atomic mass is 9.90. The minimum atomic E-state index is -1.32. The van der Waals surface area contributed by atoms with Crippen LogP contribution in [0.4, 0.5) is 0 Å². The molecule has 1 aliphatic rings. The Morgan fingerprint density at radius 1 is 1.29 bits per heavy atom. The summed E-state index contributed by atoms with van der Waals surface area (Å²) in [5.41, 5.74) is 10.1. The minimum Gasteiger partial charge on any atom is -0.480 e. The van der Waals surface area contributed by atoms with Crippen LogP contribution in [0.2, 0.25) is 0 Å².